The zero-order valence-corrected chi connectivity index (χ0v) is 16.1. The van der Waals surface area contributed by atoms with E-state index in [9.17, 15) is 4.79 Å². The Kier molecular flexibility index (Phi) is 4.31. The monoisotopic (exact) mass is 394 g/mol. The van der Waals surface area contributed by atoms with Crippen molar-refractivity contribution in [2.45, 2.75) is 24.7 Å². The van der Waals surface area contributed by atoms with Gasteiger partial charge in [0.1, 0.15) is 17.8 Å². The summed E-state index contributed by atoms with van der Waals surface area (Å²) < 4.78 is 13.1. The summed E-state index contributed by atoms with van der Waals surface area (Å²) in [6.45, 7) is 1.82. The van der Waals surface area contributed by atoms with Gasteiger partial charge < -0.3 is 19.4 Å². The first-order valence-corrected chi connectivity index (χ1v) is 9.67. The molecule has 9 nitrogen and oxygen atoms in total. The number of rotatable bonds is 5. The van der Waals surface area contributed by atoms with Crippen LogP contribution in [0.4, 0.5) is 5.69 Å². The maximum Gasteiger partial charge on any atom is 0.277 e. The number of anilines is 1. The number of aromatic amines is 1. The van der Waals surface area contributed by atoms with Crippen LogP contribution < -0.4 is 10.1 Å². The normalized spacial score (nSPS) is 17.1. The van der Waals surface area contributed by atoms with E-state index in [4.69, 9.17) is 9.47 Å². The molecule has 9 heteroatoms. The number of aromatic nitrogens is 5. The van der Waals surface area contributed by atoms with Gasteiger partial charge >= 0.3 is 0 Å². The number of benzene rings is 1. The van der Waals surface area contributed by atoms with Crippen molar-refractivity contribution in [2.24, 2.45) is 7.05 Å². The molecule has 0 unspecified atom stereocenters. The molecule has 3 aromatic rings. The van der Waals surface area contributed by atoms with Gasteiger partial charge in [0.2, 0.25) is 0 Å². The molecule has 2 N–H and O–H groups in total. The summed E-state index contributed by atoms with van der Waals surface area (Å²) in [4.78, 5) is 12.8. The number of carbonyl (C=O) groups excluding carboxylic acids is 1. The Morgan fingerprint density at radius 3 is 3.03 bits per heavy atom. The summed E-state index contributed by atoms with van der Waals surface area (Å²) in [6.07, 6.45) is 4.16. The predicted octanol–water partition coefficient (Wildman–Crippen LogP) is 1.63. The van der Waals surface area contributed by atoms with E-state index in [2.05, 4.69) is 31.8 Å². The highest BCUT2D eigenvalue weighted by Crippen LogP contribution is 2.36. The maximum atomic E-state index is 12.8. The molecule has 0 saturated carbocycles. The van der Waals surface area contributed by atoms with Gasteiger partial charge in [0.05, 0.1) is 19.8 Å². The second-order valence-electron chi connectivity index (χ2n) is 7.67. The lowest BCUT2D eigenvalue weighted by Gasteiger charge is -2.41. The third kappa shape index (κ3) is 3.17. The summed E-state index contributed by atoms with van der Waals surface area (Å²) in [5.41, 5.74) is 2.83. The number of ether oxygens (including phenoxy) is 2. The Hall–Kier alpha value is -3.20. The van der Waals surface area contributed by atoms with Crippen LogP contribution >= 0.6 is 0 Å². The van der Waals surface area contributed by atoms with Gasteiger partial charge in [0.25, 0.3) is 5.91 Å². The molecule has 29 heavy (non-hydrogen) atoms. The largest absolute Gasteiger partial charge is 0.489 e. The lowest BCUT2D eigenvalue weighted by Crippen LogP contribution is -2.49. The van der Waals surface area contributed by atoms with Crippen molar-refractivity contribution in [1.29, 1.82) is 0 Å². The van der Waals surface area contributed by atoms with Crippen LogP contribution in [-0.2, 0) is 30.0 Å². The molecule has 0 atom stereocenters. The van der Waals surface area contributed by atoms with Crippen molar-refractivity contribution in [2.75, 3.05) is 25.1 Å². The Bertz CT molecular complexity index is 1050. The topological polar surface area (TPSA) is 107 Å². The van der Waals surface area contributed by atoms with Crippen LogP contribution in [-0.4, -0.2) is 50.7 Å². The number of hydrogen-bond donors (Lipinski definition) is 2. The van der Waals surface area contributed by atoms with E-state index < -0.39 is 0 Å². The van der Waals surface area contributed by atoms with Gasteiger partial charge in [-0.2, -0.15) is 5.10 Å². The lowest BCUT2D eigenvalue weighted by molar-refractivity contribution is -0.0610. The molecule has 150 valence electrons. The van der Waals surface area contributed by atoms with Gasteiger partial charge in [-0.15, -0.1) is 10.2 Å². The van der Waals surface area contributed by atoms with E-state index in [1.165, 1.54) is 0 Å². The fourth-order valence-electron chi connectivity index (χ4n) is 3.87. The summed E-state index contributed by atoms with van der Waals surface area (Å²) in [7, 11) is 1.94. The highest BCUT2D eigenvalue weighted by Gasteiger charge is 2.41. The number of hydrogen-bond acceptors (Lipinski definition) is 6. The Labute approximate surface area is 167 Å². The maximum absolute atomic E-state index is 12.8. The van der Waals surface area contributed by atoms with E-state index in [1.54, 1.807) is 6.33 Å². The number of amides is 1. The van der Waals surface area contributed by atoms with Crippen LogP contribution in [0, 0.1) is 0 Å². The van der Waals surface area contributed by atoms with Crippen LogP contribution in [0.25, 0.3) is 0 Å². The van der Waals surface area contributed by atoms with Crippen LogP contribution in [0.5, 0.6) is 5.75 Å². The van der Waals surface area contributed by atoms with Crippen LogP contribution in [0.15, 0.2) is 30.6 Å². The van der Waals surface area contributed by atoms with Gasteiger partial charge in [-0.25, -0.2) is 0 Å². The minimum atomic E-state index is -0.259. The summed E-state index contributed by atoms with van der Waals surface area (Å²) >= 11 is 0. The third-order valence-electron chi connectivity index (χ3n) is 5.61. The molecule has 1 saturated heterocycles. The summed E-state index contributed by atoms with van der Waals surface area (Å²) in [5, 5.41) is 18.2. The fourth-order valence-corrected chi connectivity index (χ4v) is 3.87. The highest BCUT2D eigenvalue weighted by atomic mass is 16.5. The highest BCUT2D eigenvalue weighted by molar-refractivity contribution is 6.05. The Morgan fingerprint density at radius 1 is 1.38 bits per heavy atom. The average Bonchev–Trinajstić information content (AvgIpc) is 3.31. The van der Waals surface area contributed by atoms with E-state index in [0.29, 0.717) is 31.3 Å². The summed E-state index contributed by atoms with van der Waals surface area (Å²) in [6, 6.07) is 7.89. The van der Waals surface area contributed by atoms with Gasteiger partial charge in [-0.3, -0.25) is 9.89 Å². The van der Waals surface area contributed by atoms with E-state index >= 15 is 0 Å². The first-order chi connectivity index (χ1) is 14.1. The smallest absolute Gasteiger partial charge is 0.277 e. The first kappa shape index (κ1) is 17.9. The van der Waals surface area contributed by atoms with Crippen LogP contribution in [0.1, 0.15) is 34.0 Å². The molecule has 2 aliphatic heterocycles. The van der Waals surface area contributed by atoms with E-state index in [0.717, 1.165) is 42.0 Å². The Morgan fingerprint density at radius 2 is 2.28 bits per heavy atom. The zero-order valence-electron chi connectivity index (χ0n) is 16.1. The molecule has 0 spiro atoms. The van der Waals surface area contributed by atoms with Gasteiger partial charge in [0, 0.05) is 24.6 Å². The molecule has 2 aromatic heterocycles. The summed E-state index contributed by atoms with van der Waals surface area (Å²) in [5.74, 6) is 1.21. The van der Waals surface area contributed by atoms with E-state index in [-0.39, 0.29) is 11.3 Å². The standard InChI is InChI=1S/C20H22N6O3/c1-26-12-21-24-16(26)9-20(10-28-11-20)13-4-2-5-14(8-13)22-19(27)17-18-15(23-25-17)6-3-7-29-18/h2,4-5,8,12H,3,6-7,9-11H2,1H3,(H,22,27)(H,23,25). The SMILES string of the molecule is Cn1cnnc1CC1(c2cccc(NC(=O)c3[nH]nc4c3OCCC4)c2)COC1. The zero-order chi connectivity index (χ0) is 19.8. The number of fused-ring (bicyclic) bond motifs is 1. The molecular weight excluding hydrogens is 372 g/mol. The molecule has 4 heterocycles. The molecule has 1 amide bonds. The van der Waals surface area contributed by atoms with Gasteiger partial charge in [0.15, 0.2) is 11.4 Å². The van der Waals surface area contributed by atoms with E-state index in [1.807, 2.05) is 29.8 Å². The van der Waals surface area contributed by atoms with Gasteiger partial charge in [-0.1, -0.05) is 12.1 Å². The molecule has 1 fully saturated rings. The second kappa shape index (κ2) is 7.00. The molecule has 0 radical (unpaired) electrons. The number of carbonyl (C=O) groups is 1. The Balaban J connectivity index is 1.38. The second-order valence-corrected chi connectivity index (χ2v) is 7.67. The molecule has 1 aromatic carbocycles. The first-order valence-electron chi connectivity index (χ1n) is 9.67. The fraction of sp³-hybridized carbons (Fsp3) is 0.400. The molecule has 2 aliphatic rings. The molecular formula is C20H22N6O3. The van der Waals surface area contributed by atoms with Gasteiger partial charge in [-0.05, 0) is 30.5 Å². The predicted molar refractivity (Wildman–Crippen MR) is 104 cm³/mol. The quantitative estimate of drug-likeness (QED) is 0.681. The lowest BCUT2D eigenvalue weighted by atomic mass is 9.75. The van der Waals surface area contributed by atoms with Crippen molar-refractivity contribution < 1.29 is 14.3 Å². The minimum absolute atomic E-state index is 0.169. The molecule has 0 bridgehead atoms. The van der Waals surface area contributed by atoms with Crippen LogP contribution in [0.3, 0.4) is 0 Å². The van der Waals surface area contributed by atoms with Crippen LogP contribution in [0.2, 0.25) is 0 Å². The van der Waals surface area contributed by atoms with Crippen molar-refractivity contribution in [3.63, 3.8) is 0 Å². The minimum Gasteiger partial charge on any atom is -0.489 e. The molecule has 0 aliphatic carbocycles. The number of aryl methyl sites for hydroxylation is 2. The molecule has 5 rings (SSSR count). The van der Waals surface area contributed by atoms with Crippen molar-refractivity contribution in [3.8, 4) is 5.75 Å². The van der Waals surface area contributed by atoms with Crippen molar-refractivity contribution in [3.05, 3.63) is 53.4 Å². The average molecular weight is 394 g/mol. The van der Waals surface area contributed by atoms with Crippen molar-refractivity contribution >= 4 is 11.6 Å². The van der Waals surface area contributed by atoms with Crippen molar-refractivity contribution in [1.82, 2.24) is 25.0 Å². The number of nitrogens with one attached hydrogen (secondary N) is 2. The third-order valence-corrected chi connectivity index (χ3v) is 5.61. The number of nitrogens with zero attached hydrogens (tertiary/aromatic N) is 4. The number of H-pyrrole nitrogens is 1.